The van der Waals surface area contributed by atoms with Crippen LogP contribution in [0.4, 0.5) is 4.39 Å². The van der Waals surface area contributed by atoms with Crippen LogP contribution in [0.3, 0.4) is 0 Å². The van der Waals surface area contributed by atoms with Gasteiger partial charge < -0.3 is 25.4 Å². The van der Waals surface area contributed by atoms with E-state index in [0.717, 1.165) is 57.3 Å². The summed E-state index contributed by atoms with van der Waals surface area (Å²) in [5.41, 5.74) is 6.50. The van der Waals surface area contributed by atoms with Crippen molar-refractivity contribution in [2.45, 2.75) is 100 Å². The van der Waals surface area contributed by atoms with Crippen molar-refractivity contribution in [3.05, 3.63) is 11.8 Å². The van der Waals surface area contributed by atoms with E-state index in [-0.39, 0.29) is 47.9 Å². The smallest absolute Gasteiger partial charge is 0.256 e. The van der Waals surface area contributed by atoms with Gasteiger partial charge in [0.2, 0.25) is 0 Å². The zero-order valence-electron chi connectivity index (χ0n) is 25.5. The number of alkyl halides is 1. The third kappa shape index (κ3) is 5.07. The molecule has 0 bridgehead atoms. The molecule has 8 rings (SSSR count). The number of fused-ring (bicyclic) bond motifs is 5. The molecule has 10 heteroatoms. The second-order valence-electron chi connectivity index (χ2n) is 15.0. The Morgan fingerprint density at radius 3 is 2.65 bits per heavy atom. The molecule has 238 valence electrons. The third-order valence-corrected chi connectivity index (χ3v) is 12.8. The molecule has 9 nitrogen and oxygen atoms in total. The van der Waals surface area contributed by atoms with E-state index in [1.54, 1.807) is 0 Å². The number of halogens is 1. The number of amides is 1. The van der Waals surface area contributed by atoms with E-state index in [2.05, 4.69) is 20.0 Å². The summed E-state index contributed by atoms with van der Waals surface area (Å²) in [4.78, 5) is 34.4. The predicted octanol–water partition coefficient (Wildman–Crippen LogP) is 1.70. The number of morpholine rings is 2. The fraction of sp³-hybridized carbons (Fsp3) is 0.879. The highest BCUT2D eigenvalue weighted by Gasteiger charge is 2.62. The maximum atomic E-state index is 16.3. The summed E-state index contributed by atoms with van der Waals surface area (Å²) in [6, 6.07) is -0.443. The van der Waals surface area contributed by atoms with Gasteiger partial charge in [0, 0.05) is 57.4 Å². The molecule has 0 aromatic rings. The number of nitrogens with one attached hydrogen (secondary N) is 1. The van der Waals surface area contributed by atoms with Gasteiger partial charge in [-0.25, -0.2) is 4.39 Å². The molecule has 43 heavy (non-hydrogen) atoms. The van der Waals surface area contributed by atoms with E-state index in [1.165, 1.54) is 32.1 Å². The maximum Gasteiger partial charge on any atom is 0.256 e. The quantitative estimate of drug-likeness (QED) is 0.461. The van der Waals surface area contributed by atoms with Gasteiger partial charge in [-0.15, -0.1) is 0 Å². The van der Waals surface area contributed by atoms with E-state index >= 15 is 4.39 Å². The second kappa shape index (κ2) is 11.6. The maximum absolute atomic E-state index is 16.3. The second-order valence-corrected chi connectivity index (χ2v) is 15.0. The molecule has 12 atom stereocenters. The van der Waals surface area contributed by atoms with Crippen molar-refractivity contribution in [3.8, 4) is 0 Å². The average molecular weight is 600 g/mol. The molecule has 12 unspecified atom stereocenters. The van der Waals surface area contributed by atoms with Crippen LogP contribution in [0.1, 0.15) is 57.8 Å². The molecular weight excluding hydrogens is 549 g/mol. The van der Waals surface area contributed by atoms with Gasteiger partial charge in [0.05, 0.1) is 49.1 Å². The lowest BCUT2D eigenvalue weighted by molar-refractivity contribution is -0.218. The summed E-state index contributed by atoms with van der Waals surface area (Å²) in [5.74, 6) is 1.89. The molecule has 1 amide bonds. The molecule has 3 saturated heterocycles. The van der Waals surface area contributed by atoms with Crippen LogP contribution >= 0.6 is 0 Å². The highest BCUT2D eigenvalue weighted by atomic mass is 19.1. The minimum absolute atomic E-state index is 0.00277. The lowest BCUT2D eigenvalue weighted by Crippen LogP contribution is -2.73. The fourth-order valence-electron chi connectivity index (χ4n) is 10.9. The number of carbonyl (C=O) groups excluding carboxylic acids is 2. The molecule has 4 saturated carbocycles. The van der Waals surface area contributed by atoms with E-state index in [0.29, 0.717) is 38.1 Å². The van der Waals surface area contributed by atoms with Gasteiger partial charge in [0.15, 0.2) is 5.78 Å². The number of likely N-dealkylation sites (tertiary alicyclic amines) is 1. The fourth-order valence-corrected chi connectivity index (χ4v) is 10.9. The van der Waals surface area contributed by atoms with Crippen molar-refractivity contribution >= 4 is 11.7 Å². The van der Waals surface area contributed by atoms with Crippen LogP contribution in [0.15, 0.2) is 11.8 Å². The molecule has 7 fully saturated rings. The summed E-state index contributed by atoms with van der Waals surface area (Å²) in [5, 5.41) is 3.03. The van der Waals surface area contributed by atoms with E-state index in [1.807, 2.05) is 6.20 Å². The average Bonchev–Trinajstić information content (AvgIpc) is 3.60. The van der Waals surface area contributed by atoms with Crippen molar-refractivity contribution < 1.29 is 23.5 Å². The molecule has 0 radical (unpaired) electrons. The van der Waals surface area contributed by atoms with Crippen molar-refractivity contribution in [3.63, 3.8) is 0 Å². The Morgan fingerprint density at radius 2 is 1.84 bits per heavy atom. The van der Waals surface area contributed by atoms with Crippen LogP contribution in [0.5, 0.6) is 0 Å². The van der Waals surface area contributed by atoms with Crippen LogP contribution in [-0.4, -0.2) is 121 Å². The first-order valence-electron chi connectivity index (χ1n) is 17.4. The standard InChI is InChI=1S/C33H50FN5O4/c34-26-15-24-29-32(30(26)38-7-5-21(35)17-38)43-28-16-23-20(13-19-3-1-2-4-22(19)23)14-27(28)39(29)18-25(31(24)40)33(41)36-6-8-37-9-11-42-12-10-37/h18-24,26-30,32H,1-17,35H2,(H,36,41). The van der Waals surface area contributed by atoms with E-state index in [4.69, 9.17) is 15.2 Å². The minimum atomic E-state index is -1.19. The molecule has 4 aliphatic carbocycles. The number of ether oxygens (including phenoxy) is 2. The first kappa shape index (κ1) is 28.9. The SMILES string of the molecule is NC1CCN(C2C(F)CC3C(=O)C(C(=O)NCCN4CCOCC4)=CN4C5CC6CC7CCCCC7C6CC5OC2C34)C1. The Kier molecular flexibility index (Phi) is 7.82. The van der Waals surface area contributed by atoms with Crippen molar-refractivity contribution in [1.29, 1.82) is 0 Å². The Morgan fingerprint density at radius 1 is 1.00 bits per heavy atom. The Hall–Kier alpha value is -1.59. The van der Waals surface area contributed by atoms with Gasteiger partial charge in [-0.2, -0.15) is 0 Å². The predicted molar refractivity (Wildman–Crippen MR) is 159 cm³/mol. The highest BCUT2D eigenvalue weighted by molar-refractivity contribution is 6.20. The number of ketones is 1. The zero-order chi connectivity index (χ0) is 29.2. The largest absolute Gasteiger partial charge is 0.379 e. The number of nitrogens with zero attached hydrogens (tertiary/aromatic N) is 3. The van der Waals surface area contributed by atoms with Gasteiger partial charge in [-0.3, -0.25) is 19.4 Å². The monoisotopic (exact) mass is 599 g/mol. The van der Waals surface area contributed by atoms with E-state index in [9.17, 15) is 9.59 Å². The van der Waals surface area contributed by atoms with Crippen molar-refractivity contribution in [2.75, 3.05) is 52.5 Å². The van der Waals surface area contributed by atoms with Gasteiger partial charge in [0.1, 0.15) is 6.17 Å². The molecule has 0 aromatic carbocycles. The number of hydrogen-bond donors (Lipinski definition) is 2. The number of carbonyl (C=O) groups is 2. The van der Waals surface area contributed by atoms with Crippen molar-refractivity contribution in [2.24, 2.45) is 35.3 Å². The summed E-state index contributed by atoms with van der Waals surface area (Å²) in [7, 11) is 0. The van der Waals surface area contributed by atoms with Gasteiger partial charge >= 0.3 is 0 Å². The summed E-state index contributed by atoms with van der Waals surface area (Å²) in [6.07, 6.45) is 10.1. The minimum Gasteiger partial charge on any atom is -0.379 e. The van der Waals surface area contributed by atoms with Crippen molar-refractivity contribution in [1.82, 2.24) is 20.0 Å². The molecule has 8 aliphatic rings. The zero-order valence-corrected chi connectivity index (χ0v) is 25.5. The lowest BCUT2D eigenvalue weighted by Gasteiger charge is -2.61. The molecule has 4 aliphatic heterocycles. The molecular formula is C33H50FN5O4. The number of rotatable bonds is 5. The molecule has 3 N–H and O–H groups in total. The number of hydrogen-bond acceptors (Lipinski definition) is 8. The lowest BCUT2D eigenvalue weighted by atomic mass is 9.66. The van der Waals surface area contributed by atoms with Crippen LogP contribution in [0.25, 0.3) is 0 Å². The van der Waals surface area contributed by atoms with Gasteiger partial charge in [0.25, 0.3) is 5.91 Å². The normalized spacial score (nSPS) is 46.4. The van der Waals surface area contributed by atoms with Crippen LogP contribution in [0, 0.1) is 29.6 Å². The molecule has 4 heterocycles. The number of Topliss-reactive ketones (excluding diaryl/α,β-unsaturated/α-hetero) is 1. The Balaban J connectivity index is 1.08. The van der Waals surface area contributed by atoms with Gasteiger partial charge in [-0.05, 0) is 62.2 Å². The summed E-state index contributed by atoms with van der Waals surface area (Å²) >= 11 is 0. The topological polar surface area (TPSA) is 100 Å². The van der Waals surface area contributed by atoms with E-state index < -0.39 is 24.2 Å². The first-order valence-corrected chi connectivity index (χ1v) is 17.4. The number of nitrogens with two attached hydrogens (primary N) is 1. The third-order valence-electron chi connectivity index (χ3n) is 12.8. The molecule has 0 spiro atoms. The molecule has 0 aromatic heterocycles. The Bertz CT molecular complexity index is 1120. The highest BCUT2D eigenvalue weighted by Crippen LogP contribution is 2.57. The van der Waals surface area contributed by atoms with Crippen LogP contribution in [0.2, 0.25) is 0 Å². The summed E-state index contributed by atoms with van der Waals surface area (Å²) in [6.45, 7) is 5.77. The van der Waals surface area contributed by atoms with Gasteiger partial charge in [-0.1, -0.05) is 19.3 Å². The first-order chi connectivity index (χ1) is 21.0. The van der Waals surface area contributed by atoms with Crippen LogP contribution in [-0.2, 0) is 19.1 Å². The Labute approximate surface area is 255 Å². The summed E-state index contributed by atoms with van der Waals surface area (Å²) < 4.78 is 28.8. The van der Waals surface area contributed by atoms with Crippen LogP contribution < -0.4 is 11.1 Å².